The lowest BCUT2D eigenvalue weighted by molar-refractivity contribution is 0.589. The Morgan fingerprint density at radius 1 is 0.943 bits per heavy atom. The van der Waals surface area contributed by atoms with Crippen LogP contribution in [0.1, 0.15) is 84.4 Å². The summed E-state index contributed by atoms with van der Waals surface area (Å²) in [5, 5.41) is 0. The van der Waals surface area contributed by atoms with Crippen LogP contribution in [0.15, 0.2) is 85.2 Å². The van der Waals surface area contributed by atoms with E-state index in [2.05, 4.69) is 114 Å². The summed E-state index contributed by atoms with van der Waals surface area (Å²) in [6.45, 7) is 21.1. The van der Waals surface area contributed by atoms with E-state index >= 15 is 0 Å². The highest BCUT2D eigenvalue weighted by Crippen LogP contribution is 2.31. The van der Waals surface area contributed by atoms with Crippen LogP contribution >= 0.6 is 0 Å². The molecule has 2 atom stereocenters. The van der Waals surface area contributed by atoms with E-state index < -0.39 is 0 Å². The molecule has 0 unspecified atom stereocenters. The van der Waals surface area contributed by atoms with Crippen molar-refractivity contribution in [3.8, 4) is 23.7 Å². The highest BCUT2D eigenvalue weighted by Gasteiger charge is 2.24. The number of hydrogen-bond acceptors (Lipinski definition) is 1. The molecule has 182 valence electrons. The molecule has 2 rings (SSSR count). The molecule has 2 aromatic rings. The molecule has 0 aliphatic heterocycles. The van der Waals surface area contributed by atoms with Crippen LogP contribution in [-0.2, 0) is 10.8 Å². The first-order chi connectivity index (χ1) is 16.5. The van der Waals surface area contributed by atoms with E-state index in [0.717, 1.165) is 12.0 Å². The largest absolute Gasteiger partial charge is 0.265 e. The van der Waals surface area contributed by atoms with Gasteiger partial charge in [-0.3, -0.25) is 4.98 Å². The molecular formula is C34H41N. The number of hydrogen-bond donors (Lipinski definition) is 0. The zero-order valence-corrected chi connectivity index (χ0v) is 22.9. The van der Waals surface area contributed by atoms with Gasteiger partial charge < -0.3 is 0 Å². The maximum atomic E-state index is 4.14. The number of allylic oxidation sites excluding steroid dienone is 5. The van der Waals surface area contributed by atoms with Crippen molar-refractivity contribution in [1.82, 2.24) is 4.98 Å². The molecule has 0 spiro atoms. The fourth-order valence-corrected chi connectivity index (χ4v) is 3.86. The standard InChI is InChI=1S/C34H41N/c1-10-13-29(14-11-2)32(5,6)22-19-27(4)28-15-17-31(18-16-28)34(9,12-3)24-23-33(7,8)30-20-25-35-26-21-30/h10-11,13-18,20-21,25-27H,1,12H2,2-9H3/b14-11-,29-13+/t27-,34-/m1/s1. The van der Waals surface area contributed by atoms with Gasteiger partial charge in [-0.05, 0) is 89.3 Å². The van der Waals surface area contributed by atoms with Crippen molar-refractivity contribution < 1.29 is 0 Å². The van der Waals surface area contributed by atoms with E-state index in [9.17, 15) is 0 Å². The van der Waals surface area contributed by atoms with Crippen molar-refractivity contribution in [2.24, 2.45) is 5.41 Å². The Morgan fingerprint density at radius 2 is 1.57 bits per heavy atom. The summed E-state index contributed by atoms with van der Waals surface area (Å²) in [4.78, 5) is 4.14. The summed E-state index contributed by atoms with van der Waals surface area (Å²) < 4.78 is 0. The molecule has 1 aromatic heterocycles. The molecule has 0 saturated carbocycles. The predicted octanol–water partition coefficient (Wildman–Crippen LogP) is 8.55. The predicted molar refractivity (Wildman–Crippen MR) is 152 cm³/mol. The minimum Gasteiger partial charge on any atom is -0.265 e. The summed E-state index contributed by atoms with van der Waals surface area (Å²) in [6, 6.07) is 12.9. The van der Waals surface area contributed by atoms with E-state index in [-0.39, 0.29) is 22.2 Å². The minimum absolute atomic E-state index is 0.142. The van der Waals surface area contributed by atoms with Crippen LogP contribution in [0.5, 0.6) is 0 Å². The molecular weight excluding hydrogens is 422 g/mol. The fraction of sp³-hybridized carbons (Fsp3) is 0.382. The topological polar surface area (TPSA) is 12.9 Å². The maximum Gasteiger partial charge on any atom is 0.0532 e. The van der Waals surface area contributed by atoms with Crippen molar-refractivity contribution in [2.45, 2.75) is 78.6 Å². The monoisotopic (exact) mass is 463 g/mol. The van der Waals surface area contributed by atoms with Gasteiger partial charge in [0.25, 0.3) is 0 Å². The summed E-state index contributed by atoms with van der Waals surface area (Å²) in [5.74, 6) is 14.3. The second-order valence-corrected chi connectivity index (χ2v) is 10.4. The average molecular weight is 464 g/mol. The van der Waals surface area contributed by atoms with Gasteiger partial charge >= 0.3 is 0 Å². The third-order valence-corrected chi connectivity index (χ3v) is 6.77. The number of benzene rings is 1. The number of rotatable bonds is 7. The van der Waals surface area contributed by atoms with Crippen LogP contribution in [0.4, 0.5) is 0 Å². The van der Waals surface area contributed by atoms with Gasteiger partial charge in [0.15, 0.2) is 0 Å². The Balaban J connectivity index is 2.28. The van der Waals surface area contributed by atoms with E-state index in [4.69, 9.17) is 0 Å². The maximum absolute atomic E-state index is 4.14. The van der Waals surface area contributed by atoms with Crippen LogP contribution in [0.2, 0.25) is 0 Å². The molecule has 0 aliphatic carbocycles. The third-order valence-electron chi connectivity index (χ3n) is 6.77. The van der Waals surface area contributed by atoms with Crippen molar-refractivity contribution >= 4 is 0 Å². The van der Waals surface area contributed by atoms with E-state index in [0.29, 0.717) is 0 Å². The number of pyridine rings is 1. The number of nitrogens with zero attached hydrogens (tertiary/aromatic N) is 1. The van der Waals surface area contributed by atoms with Gasteiger partial charge in [-0.1, -0.05) is 85.8 Å². The molecule has 35 heavy (non-hydrogen) atoms. The Hall–Kier alpha value is -3.29. The fourth-order valence-electron chi connectivity index (χ4n) is 3.86. The second kappa shape index (κ2) is 11.9. The molecule has 0 fully saturated rings. The van der Waals surface area contributed by atoms with Gasteiger partial charge in [0, 0.05) is 18.3 Å². The molecule has 0 radical (unpaired) electrons. The van der Waals surface area contributed by atoms with Crippen molar-refractivity contribution in [3.63, 3.8) is 0 Å². The SMILES string of the molecule is C=C/C=C(\C=C/C)C(C)(C)C#C[C@@H](C)c1ccc([C@@](C)(C#CC(C)(C)c2ccncc2)CC)cc1. The Labute approximate surface area is 214 Å². The first kappa shape index (κ1) is 28.0. The van der Waals surface area contributed by atoms with Gasteiger partial charge in [-0.2, -0.15) is 0 Å². The average Bonchev–Trinajstić information content (AvgIpc) is 2.86. The zero-order chi connectivity index (χ0) is 26.1. The third kappa shape index (κ3) is 7.34. The summed E-state index contributed by atoms with van der Waals surface area (Å²) >= 11 is 0. The Bertz CT molecular complexity index is 1170. The van der Waals surface area contributed by atoms with Crippen LogP contribution in [0, 0.1) is 29.1 Å². The summed E-state index contributed by atoms with van der Waals surface area (Å²) in [6.07, 6.45) is 12.6. The molecule has 0 bridgehead atoms. The molecule has 1 heteroatoms. The van der Waals surface area contributed by atoms with Gasteiger partial charge in [-0.25, -0.2) is 0 Å². The highest BCUT2D eigenvalue weighted by atomic mass is 14.6. The van der Waals surface area contributed by atoms with Gasteiger partial charge in [0.1, 0.15) is 0 Å². The van der Waals surface area contributed by atoms with Crippen LogP contribution in [-0.4, -0.2) is 4.98 Å². The molecule has 0 N–H and O–H groups in total. The van der Waals surface area contributed by atoms with E-state index in [1.54, 1.807) is 0 Å². The minimum atomic E-state index is -0.243. The molecule has 0 saturated heterocycles. The normalized spacial score (nSPS) is 14.8. The molecule has 1 nitrogen and oxygen atoms in total. The summed E-state index contributed by atoms with van der Waals surface area (Å²) in [7, 11) is 0. The van der Waals surface area contributed by atoms with Crippen LogP contribution < -0.4 is 0 Å². The van der Waals surface area contributed by atoms with E-state index in [1.807, 2.05) is 49.7 Å². The lowest BCUT2D eigenvalue weighted by Gasteiger charge is -2.25. The van der Waals surface area contributed by atoms with Crippen molar-refractivity contribution in [3.05, 3.63) is 102 Å². The van der Waals surface area contributed by atoms with Crippen molar-refractivity contribution in [2.75, 3.05) is 0 Å². The quantitative estimate of drug-likeness (QED) is 0.296. The first-order valence-electron chi connectivity index (χ1n) is 12.5. The van der Waals surface area contributed by atoms with Gasteiger partial charge in [0.05, 0.1) is 16.2 Å². The lowest BCUT2D eigenvalue weighted by Crippen LogP contribution is -2.21. The van der Waals surface area contributed by atoms with Gasteiger partial charge in [0.2, 0.25) is 0 Å². The molecule has 1 aromatic carbocycles. The van der Waals surface area contributed by atoms with Crippen LogP contribution in [0.3, 0.4) is 0 Å². The van der Waals surface area contributed by atoms with Crippen molar-refractivity contribution in [1.29, 1.82) is 0 Å². The lowest BCUT2D eigenvalue weighted by atomic mass is 9.77. The zero-order valence-electron chi connectivity index (χ0n) is 22.9. The molecule has 1 heterocycles. The van der Waals surface area contributed by atoms with E-state index in [1.165, 1.54) is 16.7 Å². The first-order valence-corrected chi connectivity index (χ1v) is 12.5. The Morgan fingerprint density at radius 3 is 2.11 bits per heavy atom. The molecule has 0 amide bonds. The smallest absolute Gasteiger partial charge is 0.0532 e. The second-order valence-electron chi connectivity index (χ2n) is 10.4. The van der Waals surface area contributed by atoms with Crippen LogP contribution in [0.25, 0.3) is 0 Å². The van der Waals surface area contributed by atoms with Gasteiger partial charge in [-0.15, -0.1) is 0 Å². The Kier molecular flexibility index (Phi) is 9.51. The summed E-state index contributed by atoms with van der Waals surface area (Å²) in [5.41, 5.74) is 4.13. The highest BCUT2D eigenvalue weighted by molar-refractivity contribution is 5.42. The number of aromatic nitrogens is 1. The molecule has 0 aliphatic rings.